The topological polar surface area (TPSA) is 101 Å². The molecule has 5 rings (SSSR count). The summed E-state index contributed by atoms with van der Waals surface area (Å²) in [6.45, 7) is 1.63. The number of anilines is 1. The predicted molar refractivity (Wildman–Crippen MR) is 154 cm³/mol. The van der Waals surface area contributed by atoms with E-state index in [0.29, 0.717) is 24.0 Å². The van der Waals surface area contributed by atoms with Gasteiger partial charge in [0, 0.05) is 25.7 Å². The van der Waals surface area contributed by atoms with Crippen molar-refractivity contribution in [2.75, 3.05) is 25.1 Å². The molecule has 1 fully saturated rings. The third-order valence-electron chi connectivity index (χ3n) is 7.18. The molecule has 0 atom stereocenters. The van der Waals surface area contributed by atoms with Crippen molar-refractivity contribution in [3.63, 3.8) is 0 Å². The highest BCUT2D eigenvalue weighted by molar-refractivity contribution is 7.90. The lowest BCUT2D eigenvalue weighted by atomic mass is 9.90. The molecule has 1 aliphatic heterocycles. The Morgan fingerprint density at radius 2 is 1.57 bits per heavy atom. The molecule has 206 valence electrons. The number of amides is 1. The summed E-state index contributed by atoms with van der Waals surface area (Å²) >= 11 is 0. The number of methoxy groups -OCH3 is 1. The van der Waals surface area contributed by atoms with Crippen LogP contribution in [0, 0.1) is 5.92 Å². The van der Waals surface area contributed by atoms with Crippen LogP contribution in [0.5, 0.6) is 5.75 Å². The first kappa shape index (κ1) is 27.3. The third-order valence-corrected chi connectivity index (χ3v) is 8.52. The van der Waals surface area contributed by atoms with Gasteiger partial charge in [0.2, 0.25) is 5.95 Å². The van der Waals surface area contributed by atoms with Gasteiger partial charge in [-0.05, 0) is 60.6 Å². The van der Waals surface area contributed by atoms with Crippen molar-refractivity contribution in [1.82, 2.24) is 14.7 Å². The van der Waals surface area contributed by atoms with E-state index in [1.54, 1.807) is 25.3 Å². The molecule has 1 aromatic heterocycles. The fraction of sp³-hybridized carbons (Fsp3) is 0.258. The fourth-order valence-electron chi connectivity index (χ4n) is 4.94. The van der Waals surface area contributed by atoms with E-state index < -0.39 is 15.9 Å². The molecule has 0 bridgehead atoms. The first-order valence-corrected chi connectivity index (χ1v) is 14.8. The Balaban J connectivity index is 1.36. The molecule has 2 heterocycles. The maximum atomic E-state index is 13.2. The standard InChI is InChI=1S/C31H32N4O4S/c1-39-26-14-12-24(13-15-26)21-29-28(30(36)34-40(37,38)27-10-6-3-7-11-27)22-32-31(33-29)35-18-16-25(17-19-35)20-23-8-4-2-5-9-23/h2-15,22,25H,16-21H2,1H3,(H,34,36). The first-order chi connectivity index (χ1) is 19.4. The first-order valence-electron chi connectivity index (χ1n) is 13.3. The van der Waals surface area contributed by atoms with Gasteiger partial charge in [0.1, 0.15) is 5.75 Å². The maximum absolute atomic E-state index is 13.2. The van der Waals surface area contributed by atoms with Crippen molar-refractivity contribution in [1.29, 1.82) is 0 Å². The maximum Gasteiger partial charge on any atom is 0.268 e. The number of nitrogens with zero attached hydrogens (tertiary/aromatic N) is 3. The second-order valence-corrected chi connectivity index (χ2v) is 11.6. The Hall–Kier alpha value is -4.24. The number of hydrogen-bond acceptors (Lipinski definition) is 7. The van der Waals surface area contributed by atoms with Gasteiger partial charge >= 0.3 is 0 Å². The van der Waals surface area contributed by atoms with Crippen molar-refractivity contribution >= 4 is 21.9 Å². The van der Waals surface area contributed by atoms with Crippen LogP contribution in [0.3, 0.4) is 0 Å². The minimum atomic E-state index is -4.05. The van der Waals surface area contributed by atoms with Crippen LogP contribution in [0.25, 0.3) is 0 Å². The molecular weight excluding hydrogens is 524 g/mol. The molecule has 1 N–H and O–H groups in total. The minimum absolute atomic E-state index is 0.0102. The molecule has 1 aliphatic rings. The van der Waals surface area contributed by atoms with E-state index in [4.69, 9.17) is 9.72 Å². The zero-order chi connectivity index (χ0) is 28.0. The van der Waals surface area contributed by atoms with Crippen molar-refractivity contribution in [3.8, 4) is 5.75 Å². The molecule has 1 saturated heterocycles. The van der Waals surface area contributed by atoms with E-state index in [1.165, 1.54) is 23.9 Å². The molecule has 40 heavy (non-hydrogen) atoms. The van der Waals surface area contributed by atoms with Crippen LogP contribution in [-0.4, -0.2) is 44.5 Å². The summed E-state index contributed by atoms with van der Waals surface area (Å²) in [5.74, 6) is 1.09. The van der Waals surface area contributed by atoms with Crippen molar-refractivity contribution in [2.45, 2.75) is 30.6 Å². The van der Waals surface area contributed by atoms with Crippen LogP contribution in [-0.2, 0) is 22.9 Å². The largest absolute Gasteiger partial charge is 0.497 e. The number of ether oxygens (including phenoxy) is 1. The van der Waals surface area contributed by atoms with Crippen LogP contribution in [0.4, 0.5) is 5.95 Å². The van der Waals surface area contributed by atoms with E-state index in [-0.39, 0.29) is 10.5 Å². The summed E-state index contributed by atoms with van der Waals surface area (Å²) in [5.41, 5.74) is 2.84. The van der Waals surface area contributed by atoms with E-state index in [0.717, 1.165) is 43.7 Å². The molecule has 3 aromatic carbocycles. The van der Waals surface area contributed by atoms with Gasteiger partial charge in [-0.15, -0.1) is 0 Å². The summed E-state index contributed by atoms with van der Waals surface area (Å²) in [7, 11) is -2.45. The Bertz CT molecular complexity index is 1540. The van der Waals surface area contributed by atoms with Gasteiger partial charge in [-0.3, -0.25) is 4.79 Å². The average Bonchev–Trinajstić information content (AvgIpc) is 2.99. The van der Waals surface area contributed by atoms with Crippen LogP contribution in [0.1, 0.15) is 40.0 Å². The predicted octanol–water partition coefficient (Wildman–Crippen LogP) is 4.65. The van der Waals surface area contributed by atoms with Gasteiger partial charge < -0.3 is 9.64 Å². The van der Waals surface area contributed by atoms with Crippen molar-refractivity contribution < 1.29 is 17.9 Å². The minimum Gasteiger partial charge on any atom is -0.497 e. The monoisotopic (exact) mass is 556 g/mol. The summed E-state index contributed by atoms with van der Waals surface area (Å²) in [5, 5.41) is 0. The van der Waals surface area contributed by atoms with E-state index in [1.807, 2.05) is 30.3 Å². The van der Waals surface area contributed by atoms with Crippen molar-refractivity contribution in [2.24, 2.45) is 5.92 Å². The second kappa shape index (κ2) is 12.3. The fourth-order valence-corrected chi connectivity index (χ4v) is 5.93. The van der Waals surface area contributed by atoms with Gasteiger partial charge in [-0.25, -0.2) is 23.1 Å². The number of carbonyl (C=O) groups excluding carboxylic acids is 1. The number of aromatic nitrogens is 2. The molecule has 0 aliphatic carbocycles. The normalized spacial score (nSPS) is 14.1. The molecular formula is C31H32N4O4S. The SMILES string of the molecule is COc1ccc(Cc2nc(N3CCC(Cc4ccccc4)CC3)ncc2C(=O)NS(=O)(=O)c2ccccc2)cc1. The molecule has 1 amide bonds. The average molecular weight is 557 g/mol. The van der Waals surface area contributed by atoms with Gasteiger partial charge in [0.15, 0.2) is 0 Å². The van der Waals surface area contributed by atoms with E-state index in [2.05, 4.69) is 38.9 Å². The summed E-state index contributed by atoms with van der Waals surface area (Å²) in [4.78, 5) is 24.7. The smallest absolute Gasteiger partial charge is 0.268 e. The molecule has 4 aromatic rings. The summed E-state index contributed by atoms with van der Waals surface area (Å²) in [6, 6.07) is 25.8. The zero-order valence-corrected chi connectivity index (χ0v) is 23.2. The van der Waals surface area contributed by atoms with Gasteiger partial charge in [-0.1, -0.05) is 60.7 Å². The van der Waals surface area contributed by atoms with Crippen LogP contribution >= 0.6 is 0 Å². The number of sulfonamides is 1. The Morgan fingerprint density at radius 3 is 2.23 bits per heavy atom. The Labute approximate surface area is 235 Å². The lowest BCUT2D eigenvalue weighted by Gasteiger charge is -2.32. The van der Waals surface area contributed by atoms with Crippen molar-refractivity contribution in [3.05, 3.63) is 114 Å². The van der Waals surface area contributed by atoms with Crippen LogP contribution in [0.2, 0.25) is 0 Å². The lowest BCUT2D eigenvalue weighted by molar-refractivity contribution is 0.0980. The number of nitrogens with one attached hydrogen (secondary N) is 1. The number of piperidine rings is 1. The van der Waals surface area contributed by atoms with Gasteiger partial charge in [0.25, 0.3) is 15.9 Å². The van der Waals surface area contributed by atoms with Gasteiger partial charge in [0.05, 0.1) is 23.3 Å². The molecule has 8 nitrogen and oxygen atoms in total. The van der Waals surface area contributed by atoms with E-state index >= 15 is 0 Å². The number of rotatable bonds is 9. The molecule has 9 heteroatoms. The lowest BCUT2D eigenvalue weighted by Crippen LogP contribution is -2.36. The summed E-state index contributed by atoms with van der Waals surface area (Å²) < 4.78 is 33.1. The number of carbonyl (C=O) groups is 1. The van der Waals surface area contributed by atoms with Crippen LogP contribution < -0.4 is 14.4 Å². The quantitative estimate of drug-likeness (QED) is 0.320. The molecule has 0 spiro atoms. The molecule has 0 radical (unpaired) electrons. The highest BCUT2D eigenvalue weighted by atomic mass is 32.2. The Kier molecular flexibility index (Phi) is 8.40. The highest BCUT2D eigenvalue weighted by Gasteiger charge is 2.25. The second-order valence-electron chi connectivity index (χ2n) is 9.92. The summed E-state index contributed by atoms with van der Waals surface area (Å²) in [6.07, 6.45) is 4.85. The number of hydrogen-bond donors (Lipinski definition) is 1. The zero-order valence-electron chi connectivity index (χ0n) is 22.4. The van der Waals surface area contributed by atoms with Crippen LogP contribution in [0.15, 0.2) is 96.0 Å². The number of benzene rings is 3. The van der Waals surface area contributed by atoms with Gasteiger partial charge in [-0.2, -0.15) is 0 Å². The van der Waals surface area contributed by atoms with E-state index in [9.17, 15) is 13.2 Å². The highest BCUT2D eigenvalue weighted by Crippen LogP contribution is 2.25. The molecule has 0 saturated carbocycles. The Morgan fingerprint density at radius 1 is 0.925 bits per heavy atom. The third kappa shape index (κ3) is 6.66. The molecule has 0 unspecified atom stereocenters.